The third kappa shape index (κ3) is 170. The van der Waals surface area contributed by atoms with Crippen LogP contribution < -0.4 is 25.3 Å². The maximum atomic E-state index is 8.58. The number of hydrogen-bond donors (Lipinski definition) is 1. The molecule has 9 heteroatoms. The van der Waals surface area contributed by atoms with Crippen LogP contribution in [0, 0.1) is 0 Å². The van der Waals surface area contributed by atoms with E-state index in [0.717, 1.165) is 0 Å². The summed E-state index contributed by atoms with van der Waals surface area (Å²) in [7, 11) is -5.61. The Hall–Kier alpha value is 1.91. The van der Waals surface area contributed by atoms with Gasteiger partial charge in [-0.1, -0.05) is 0 Å². The van der Waals surface area contributed by atoms with Crippen molar-refractivity contribution in [1.29, 1.82) is 0 Å². The molecule has 0 rings (SSSR count). The minimum atomic E-state index is -5.61. The molecule has 0 aromatic heterocycles. The zero-order valence-corrected chi connectivity index (χ0v) is 11.3. The van der Waals surface area contributed by atoms with Crippen LogP contribution in [0.3, 0.4) is 0 Å². The Labute approximate surface area is 93.0 Å². The van der Waals surface area contributed by atoms with E-state index in [1.165, 1.54) is 0 Å². The van der Waals surface area contributed by atoms with E-state index >= 15 is 0 Å². The predicted molar refractivity (Wildman–Crippen MR) is 17.5 cm³/mol. The van der Waals surface area contributed by atoms with Gasteiger partial charge in [-0.15, -0.1) is 0 Å². The molecular formula is H4AgAlNO4SiZn+3. The van der Waals surface area contributed by atoms with Crippen molar-refractivity contribution < 1.29 is 61.0 Å². The molecule has 50 valence electrons. The summed E-state index contributed by atoms with van der Waals surface area (Å²) < 4.78 is 0. The van der Waals surface area contributed by atoms with Gasteiger partial charge in [-0.25, -0.2) is 0 Å². The summed E-state index contributed by atoms with van der Waals surface area (Å²) in [5.74, 6) is 0. The van der Waals surface area contributed by atoms with Gasteiger partial charge in [0.2, 0.25) is 0 Å². The Bertz CT molecular complexity index is 36.0. The minimum Gasteiger partial charge on any atom is -0.894 e. The average Bonchev–Trinajstić information content (AvgIpc) is 0.722. The maximum Gasteiger partial charge on any atom is 3.00 e. The normalized spacial score (nSPS) is 6.67. The van der Waals surface area contributed by atoms with Crippen molar-refractivity contribution in [2.45, 2.75) is 0 Å². The molecule has 0 unspecified atom stereocenters. The Kier molecular flexibility index (Phi) is 42.9. The zero-order valence-electron chi connectivity index (χ0n) is 4.72. The predicted octanol–water partition coefficient (Wildman–Crippen LogP) is -5.15. The molecule has 9 heavy (non-hydrogen) atoms. The van der Waals surface area contributed by atoms with Crippen LogP contribution in [0.15, 0.2) is 0 Å². The molecule has 0 aliphatic heterocycles. The molecule has 5 nitrogen and oxygen atoms in total. The minimum absolute atomic E-state index is 0. The molecule has 0 aliphatic rings. The van der Waals surface area contributed by atoms with Crippen molar-refractivity contribution in [3.05, 3.63) is 0 Å². The fourth-order valence-electron chi connectivity index (χ4n) is 0. The van der Waals surface area contributed by atoms with Gasteiger partial charge >= 0.3 is 59.2 Å². The van der Waals surface area contributed by atoms with Gasteiger partial charge in [-0.05, 0) is 0 Å². The fraction of sp³-hybridized carbons (Fsp3) is 0. The summed E-state index contributed by atoms with van der Waals surface area (Å²) in [5.41, 5.74) is 0. The summed E-state index contributed by atoms with van der Waals surface area (Å²) in [6, 6.07) is 0. The monoisotopic (exact) mass is 308 g/mol. The van der Waals surface area contributed by atoms with E-state index in [9.17, 15) is 0 Å². The molecule has 0 aliphatic carbocycles. The summed E-state index contributed by atoms with van der Waals surface area (Å²) in [5, 5.41) is 0. The second-order valence-electron chi connectivity index (χ2n) is 0.500. The number of quaternary nitrogens is 1. The van der Waals surface area contributed by atoms with Crippen LogP contribution in [0.4, 0.5) is 0 Å². The van der Waals surface area contributed by atoms with E-state index in [1.54, 1.807) is 0 Å². The molecule has 0 atom stereocenters. The summed E-state index contributed by atoms with van der Waals surface area (Å²) >= 11 is 0. The van der Waals surface area contributed by atoms with Crippen LogP contribution in [0.2, 0.25) is 0 Å². The van der Waals surface area contributed by atoms with Gasteiger partial charge in [0.15, 0.2) is 0 Å². The first kappa shape index (κ1) is 30.7. The molecule has 0 saturated carbocycles. The average molecular weight is 310 g/mol. The fourth-order valence-corrected chi connectivity index (χ4v) is 0. The first-order chi connectivity index (χ1) is 2.00. The molecule has 0 radical (unpaired) electrons. The molecule has 0 saturated heterocycles. The van der Waals surface area contributed by atoms with E-state index in [2.05, 4.69) is 0 Å². The maximum absolute atomic E-state index is 8.58. The molecule has 0 aromatic rings. The molecule has 0 bridgehead atoms. The molecule has 4 N–H and O–H groups in total. The smallest absolute Gasteiger partial charge is 0.894 e. The zero-order chi connectivity index (χ0) is 4.50. The first-order valence-electron chi connectivity index (χ1n) is 0.816. The van der Waals surface area contributed by atoms with Crippen molar-refractivity contribution in [1.82, 2.24) is 6.15 Å². The second-order valence-corrected chi connectivity index (χ2v) is 1.50. The number of rotatable bonds is 0. The van der Waals surface area contributed by atoms with Gasteiger partial charge in [-0.3, -0.25) is 0 Å². The van der Waals surface area contributed by atoms with E-state index in [4.69, 9.17) is 19.2 Å². The molecule has 0 fully saturated rings. The van der Waals surface area contributed by atoms with Crippen LogP contribution in [0.1, 0.15) is 0 Å². The van der Waals surface area contributed by atoms with Crippen molar-refractivity contribution in [2.75, 3.05) is 0 Å². The molecule has 0 aromatic carbocycles. The van der Waals surface area contributed by atoms with Crippen LogP contribution in [0.5, 0.6) is 0 Å². The Morgan fingerprint density at radius 1 is 0.889 bits per heavy atom. The molecule has 0 heterocycles. The Morgan fingerprint density at radius 2 is 0.889 bits per heavy atom. The van der Waals surface area contributed by atoms with E-state index in [0.29, 0.717) is 0 Å². The van der Waals surface area contributed by atoms with E-state index < -0.39 is 9.05 Å². The third-order valence-corrected chi connectivity index (χ3v) is 0. The van der Waals surface area contributed by atoms with Crippen LogP contribution in [-0.4, -0.2) is 26.4 Å². The Balaban J connectivity index is -0.0000000133. The van der Waals surface area contributed by atoms with Crippen LogP contribution in [0.25, 0.3) is 0 Å². The van der Waals surface area contributed by atoms with Gasteiger partial charge in [-0.2, -0.15) is 0 Å². The first-order valence-corrected chi connectivity index (χ1v) is 2.45. The molecule has 0 amide bonds. The van der Waals surface area contributed by atoms with Gasteiger partial charge < -0.3 is 34.4 Å². The van der Waals surface area contributed by atoms with Gasteiger partial charge in [0, 0.05) is 0 Å². The van der Waals surface area contributed by atoms with Crippen molar-refractivity contribution >= 4 is 26.4 Å². The summed E-state index contributed by atoms with van der Waals surface area (Å²) in [6.45, 7) is 0. The topological polar surface area (TPSA) is 129 Å². The largest absolute Gasteiger partial charge is 3.00 e. The number of hydrogen-bond acceptors (Lipinski definition) is 4. The molecular weight excluding hydrogens is 306 g/mol. The molecule has 0 spiro atoms. The van der Waals surface area contributed by atoms with E-state index in [-0.39, 0.29) is 65.4 Å². The van der Waals surface area contributed by atoms with Gasteiger partial charge in [0.05, 0.1) is 0 Å². The van der Waals surface area contributed by atoms with Crippen molar-refractivity contribution in [2.24, 2.45) is 0 Å². The second kappa shape index (κ2) is 12.6. The van der Waals surface area contributed by atoms with Crippen molar-refractivity contribution in [3.63, 3.8) is 0 Å². The SMILES string of the molecule is [Ag+].[Al+3].[NH4+].[O-][Si]([O-])([O-])[O-].[Zn+2]. The summed E-state index contributed by atoms with van der Waals surface area (Å²) in [6.07, 6.45) is 0. The van der Waals surface area contributed by atoms with Crippen LogP contribution >= 0.6 is 0 Å². The van der Waals surface area contributed by atoms with Crippen molar-refractivity contribution in [3.8, 4) is 0 Å². The van der Waals surface area contributed by atoms with Gasteiger partial charge in [0.25, 0.3) is 0 Å². The van der Waals surface area contributed by atoms with Gasteiger partial charge in [0.1, 0.15) is 0 Å². The quantitative estimate of drug-likeness (QED) is 0.448. The third-order valence-electron chi connectivity index (χ3n) is 0. The standard InChI is InChI=1S/Ag.Al.H3N.O4Si.Zn/c;;;1-5(2,3)4;/h;;1H3;;/q+1;+3;;-4;+2/p+1. The Morgan fingerprint density at radius 3 is 0.889 bits per heavy atom. The summed E-state index contributed by atoms with van der Waals surface area (Å²) in [4.78, 5) is 34.3. The van der Waals surface area contributed by atoms with Crippen LogP contribution in [-0.2, 0) is 41.9 Å². The van der Waals surface area contributed by atoms with E-state index in [1.807, 2.05) is 0 Å².